The van der Waals surface area contributed by atoms with Gasteiger partial charge in [0.25, 0.3) is 5.95 Å². The van der Waals surface area contributed by atoms with Gasteiger partial charge in [-0.15, -0.1) is 11.8 Å². The fraction of sp³-hybridized carbons (Fsp3) is 0.333. The molecule has 0 bridgehead atoms. The van der Waals surface area contributed by atoms with Crippen LogP contribution in [0.2, 0.25) is 0 Å². The van der Waals surface area contributed by atoms with E-state index in [4.69, 9.17) is 4.74 Å². The van der Waals surface area contributed by atoms with Gasteiger partial charge in [0.15, 0.2) is 11.2 Å². The summed E-state index contributed by atoms with van der Waals surface area (Å²) in [6, 6.07) is 5.55. The Morgan fingerprint density at radius 2 is 1.88 bits per heavy atom. The third kappa shape index (κ3) is 3.34. The maximum Gasteiger partial charge on any atom is 0.255 e. The molecule has 0 unspecified atom stereocenters. The van der Waals surface area contributed by atoms with Gasteiger partial charge < -0.3 is 20.1 Å². The van der Waals surface area contributed by atoms with Crippen molar-refractivity contribution in [1.82, 2.24) is 9.97 Å². The van der Waals surface area contributed by atoms with Crippen LogP contribution >= 0.6 is 11.8 Å². The van der Waals surface area contributed by atoms with Crippen LogP contribution in [0.5, 0.6) is 5.75 Å². The van der Waals surface area contributed by atoms with E-state index >= 15 is 0 Å². The zero-order valence-corrected chi connectivity index (χ0v) is 13.0. The molecular formula is C15H14F2N2O4S. The van der Waals surface area contributed by atoms with Gasteiger partial charge in [-0.1, -0.05) is 0 Å². The quantitative estimate of drug-likeness (QED) is 0.705. The molecule has 0 amide bonds. The minimum Gasteiger partial charge on any atom is -0.472 e. The molecular weight excluding hydrogens is 342 g/mol. The van der Waals surface area contributed by atoms with E-state index in [0.717, 1.165) is 11.8 Å². The van der Waals surface area contributed by atoms with Gasteiger partial charge in [0.2, 0.25) is 5.95 Å². The average Bonchev–Trinajstić information content (AvgIpc) is 2.57. The van der Waals surface area contributed by atoms with E-state index in [1.165, 1.54) is 30.5 Å². The van der Waals surface area contributed by atoms with E-state index in [1.807, 2.05) is 0 Å². The Bertz CT molecular complexity index is 736. The predicted octanol–water partition coefficient (Wildman–Crippen LogP) is 0.956. The average molecular weight is 356 g/mol. The fourth-order valence-electron chi connectivity index (χ4n) is 2.24. The number of thioether (sulfide) groups is 1. The van der Waals surface area contributed by atoms with Crippen LogP contribution in [0.4, 0.5) is 8.78 Å². The van der Waals surface area contributed by atoms with Gasteiger partial charge in [-0.3, -0.25) is 0 Å². The molecule has 1 saturated heterocycles. The number of aromatic nitrogens is 2. The molecule has 9 heteroatoms. The lowest BCUT2D eigenvalue weighted by molar-refractivity contribution is -0.0790. The maximum absolute atomic E-state index is 14.1. The highest BCUT2D eigenvalue weighted by molar-refractivity contribution is 7.99. The van der Waals surface area contributed by atoms with Gasteiger partial charge in [0, 0.05) is 11.9 Å². The van der Waals surface area contributed by atoms with Crippen molar-refractivity contribution in [3.05, 3.63) is 42.4 Å². The van der Waals surface area contributed by atoms with Gasteiger partial charge in [0.1, 0.15) is 12.2 Å². The number of nitrogens with zero attached hydrogens (tertiary/aromatic N) is 2. The first-order valence-electron chi connectivity index (χ1n) is 7.07. The number of hydrogen-bond acceptors (Lipinski definition) is 7. The van der Waals surface area contributed by atoms with Crippen molar-refractivity contribution < 1.29 is 28.8 Å². The number of halogens is 2. The Morgan fingerprint density at radius 3 is 2.58 bits per heavy atom. The molecule has 3 heterocycles. The summed E-state index contributed by atoms with van der Waals surface area (Å²) in [5, 5.41) is 29.0. The van der Waals surface area contributed by atoms with E-state index < -0.39 is 35.6 Å². The molecule has 4 atom stereocenters. The summed E-state index contributed by atoms with van der Waals surface area (Å²) in [6.07, 6.45) is -2.57. The minimum atomic E-state index is -1.38. The van der Waals surface area contributed by atoms with Crippen LogP contribution in [0.3, 0.4) is 0 Å². The summed E-state index contributed by atoms with van der Waals surface area (Å²) in [7, 11) is 0. The zero-order valence-electron chi connectivity index (χ0n) is 12.2. The van der Waals surface area contributed by atoms with Crippen LogP contribution in [0.25, 0.3) is 11.3 Å². The second kappa shape index (κ2) is 6.98. The molecule has 3 rings (SSSR count). The van der Waals surface area contributed by atoms with Crippen molar-refractivity contribution >= 4 is 11.8 Å². The molecule has 6 nitrogen and oxygen atoms in total. The summed E-state index contributed by atoms with van der Waals surface area (Å²) < 4.78 is 33.1. The summed E-state index contributed by atoms with van der Waals surface area (Å²) in [6.45, 7) is 0. The molecule has 1 aliphatic heterocycles. The molecule has 0 aromatic carbocycles. The van der Waals surface area contributed by atoms with Crippen molar-refractivity contribution in [2.24, 2.45) is 0 Å². The molecule has 0 spiro atoms. The Kier molecular flexibility index (Phi) is 4.95. The number of ether oxygens (including phenoxy) is 1. The van der Waals surface area contributed by atoms with Gasteiger partial charge >= 0.3 is 0 Å². The van der Waals surface area contributed by atoms with Gasteiger partial charge in [-0.25, -0.2) is 9.97 Å². The van der Waals surface area contributed by atoms with E-state index in [9.17, 15) is 24.1 Å². The van der Waals surface area contributed by atoms with Gasteiger partial charge in [-0.2, -0.15) is 8.78 Å². The number of hydrogen-bond donors (Lipinski definition) is 3. The monoisotopic (exact) mass is 356 g/mol. The third-order valence-electron chi connectivity index (χ3n) is 3.55. The molecule has 24 heavy (non-hydrogen) atoms. The van der Waals surface area contributed by atoms with Crippen molar-refractivity contribution in [2.45, 2.75) is 23.7 Å². The normalized spacial score (nSPS) is 27.0. The predicted molar refractivity (Wildman–Crippen MR) is 82.3 cm³/mol. The lowest BCUT2D eigenvalue weighted by Gasteiger charge is -2.34. The molecule has 1 fully saturated rings. The summed E-state index contributed by atoms with van der Waals surface area (Å²) in [4.78, 5) is 7.13. The molecule has 0 aliphatic carbocycles. The van der Waals surface area contributed by atoms with Gasteiger partial charge in [-0.05, 0) is 24.3 Å². The van der Waals surface area contributed by atoms with E-state index in [-0.39, 0.29) is 22.8 Å². The van der Waals surface area contributed by atoms with E-state index in [1.54, 1.807) is 0 Å². The minimum absolute atomic E-state index is 0.0496. The SMILES string of the molecule is O[C@@H]1[C@@H](O)[C@@H](Oc2ccc(-c3cccnc3F)nc2F)SC[C@H]1O. The second-order valence-corrected chi connectivity index (χ2v) is 6.33. The molecule has 128 valence electrons. The fourth-order valence-corrected chi connectivity index (χ4v) is 3.36. The first-order valence-corrected chi connectivity index (χ1v) is 8.12. The van der Waals surface area contributed by atoms with Crippen LogP contribution in [0.1, 0.15) is 0 Å². The molecule has 2 aromatic heterocycles. The van der Waals surface area contributed by atoms with Crippen molar-refractivity contribution in [2.75, 3.05) is 5.75 Å². The highest BCUT2D eigenvalue weighted by Crippen LogP contribution is 2.31. The highest BCUT2D eigenvalue weighted by atomic mass is 32.2. The van der Waals surface area contributed by atoms with E-state index in [2.05, 4.69) is 9.97 Å². The Hall–Kier alpha value is -1.81. The van der Waals surface area contributed by atoms with Crippen LogP contribution in [-0.4, -0.2) is 54.8 Å². The summed E-state index contributed by atoms with van der Waals surface area (Å²) in [5.74, 6) is -1.86. The van der Waals surface area contributed by atoms with E-state index in [0.29, 0.717) is 0 Å². The van der Waals surface area contributed by atoms with Crippen molar-refractivity contribution in [1.29, 1.82) is 0 Å². The highest BCUT2D eigenvalue weighted by Gasteiger charge is 2.39. The van der Waals surface area contributed by atoms with Crippen LogP contribution in [0, 0.1) is 11.9 Å². The Balaban J connectivity index is 1.80. The summed E-state index contributed by atoms with van der Waals surface area (Å²) in [5.41, 5.74) is -0.855. The van der Waals surface area contributed by atoms with Crippen molar-refractivity contribution in [3.8, 4) is 17.0 Å². The molecule has 1 aliphatic rings. The summed E-state index contributed by atoms with van der Waals surface area (Å²) >= 11 is 1.04. The van der Waals surface area contributed by atoms with Crippen LogP contribution in [-0.2, 0) is 0 Å². The first kappa shape index (κ1) is 17.0. The van der Waals surface area contributed by atoms with Crippen LogP contribution < -0.4 is 4.74 Å². The Labute approximate surface area is 140 Å². The second-order valence-electron chi connectivity index (χ2n) is 5.20. The molecule has 0 radical (unpaired) electrons. The standard InChI is InChI=1S/C15H14F2N2O4S/c16-13-7(2-1-5-18-13)8-3-4-10(14(17)19-8)23-15-12(22)11(21)9(20)6-24-15/h1-5,9,11-12,15,20-22H,6H2/t9-,11+,12-,15+/m1/s1. The topological polar surface area (TPSA) is 95.7 Å². The van der Waals surface area contributed by atoms with Crippen LogP contribution in [0.15, 0.2) is 30.5 Å². The first-order chi connectivity index (χ1) is 11.5. The number of aliphatic hydroxyl groups excluding tert-OH is 3. The maximum atomic E-state index is 14.1. The van der Waals surface area contributed by atoms with Gasteiger partial charge in [0.05, 0.1) is 17.4 Å². The molecule has 0 saturated carbocycles. The number of rotatable bonds is 3. The number of pyridine rings is 2. The van der Waals surface area contributed by atoms with Crippen molar-refractivity contribution in [3.63, 3.8) is 0 Å². The molecule has 3 N–H and O–H groups in total. The third-order valence-corrected chi connectivity index (χ3v) is 4.78. The largest absolute Gasteiger partial charge is 0.472 e. The number of aliphatic hydroxyl groups is 3. The lowest BCUT2D eigenvalue weighted by atomic mass is 10.1. The molecule has 2 aromatic rings. The Morgan fingerprint density at radius 1 is 1.08 bits per heavy atom. The smallest absolute Gasteiger partial charge is 0.255 e. The lowest BCUT2D eigenvalue weighted by Crippen LogP contribution is -2.50. The zero-order chi connectivity index (χ0) is 17.3.